The molecule has 1 aromatic carbocycles. The number of hydrogen-bond donors (Lipinski definition) is 3. The number of amides is 2. The van der Waals surface area contributed by atoms with E-state index in [4.69, 9.17) is 10.5 Å². The number of halogens is 1. The molecule has 2 aliphatic rings. The van der Waals surface area contributed by atoms with Gasteiger partial charge in [0.25, 0.3) is 5.91 Å². The van der Waals surface area contributed by atoms with E-state index in [-0.39, 0.29) is 36.2 Å². The van der Waals surface area contributed by atoms with Crippen molar-refractivity contribution in [2.75, 3.05) is 17.2 Å². The summed E-state index contributed by atoms with van der Waals surface area (Å²) in [6.45, 7) is 2.35. The fourth-order valence-electron chi connectivity index (χ4n) is 2.71. The second-order valence-corrected chi connectivity index (χ2v) is 6.34. The Morgan fingerprint density at radius 3 is 2.54 bits per heavy atom. The molecule has 132 valence electrons. The minimum atomic E-state index is -0.451. The van der Waals surface area contributed by atoms with E-state index < -0.39 is 6.10 Å². The van der Waals surface area contributed by atoms with Crippen molar-refractivity contribution < 1.29 is 14.3 Å². The maximum atomic E-state index is 12.3. The molecule has 0 radical (unpaired) electrons. The summed E-state index contributed by atoms with van der Waals surface area (Å²) >= 11 is 0. The molecule has 3 rings (SSSR count). The van der Waals surface area contributed by atoms with Crippen molar-refractivity contribution in [3.05, 3.63) is 23.8 Å². The summed E-state index contributed by atoms with van der Waals surface area (Å²) in [7, 11) is 0. The van der Waals surface area contributed by atoms with Gasteiger partial charge in [-0.1, -0.05) is 6.07 Å². The molecule has 1 saturated heterocycles. The van der Waals surface area contributed by atoms with Gasteiger partial charge in [0.15, 0.2) is 0 Å². The Bertz CT molecular complexity index is 619. The number of ether oxygens (including phenoxy) is 1. The molecular formula is C17H24ClN3O3. The predicted molar refractivity (Wildman–Crippen MR) is 95.4 cm³/mol. The number of carbonyl (C=O) groups is 2. The third-order valence-corrected chi connectivity index (χ3v) is 4.37. The van der Waals surface area contributed by atoms with E-state index >= 15 is 0 Å². The second kappa shape index (κ2) is 7.96. The first-order valence-electron chi connectivity index (χ1n) is 8.14. The lowest BCUT2D eigenvalue weighted by Gasteiger charge is -2.15. The quantitative estimate of drug-likeness (QED) is 0.756. The zero-order valence-electron chi connectivity index (χ0n) is 13.7. The van der Waals surface area contributed by atoms with Gasteiger partial charge >= 0.3 is 0 Å². The predicted octanol–water partition coefficient (Wildman–Crippen LogP) is 2.21. The molecule has 2 fully saturated rings. The van der Waals surface area contributed by atoms with Gasteiger partial charge in [-0.2, -0.15) is 0 Å². The summed E-state index contributed by atoms with van der Waals surface area (Å²) in [5.74, 6) is 0.0418. The zero-order valence-corrected chi connectivity index (χ0v) is 14.5. The lowest BCUT2D eigenvalue weighted by molar-refractivity contribution is -0.126. The Balaban J connectivity index is 0.00000208. The number of rotatable bonds is 5. The number of benzene rings is 1. The number of hydrogen-bond acceptors (Lipinski definition) is 4. The molecule has 7 heteroatoms. The summed E-state index contributed by atoms with van der Waals surface area (Å²) in [5.41, 5.74) is 7.91. The van der Waals surface area contributed by atoms with Gasteiger partial charge in [-0.25, -0.2) is 0 Å². The largest absolute Gasteiger partial charge is 0.364 e. The molecule has 6 nitrogen and oxygen atoms in total. The van der Waals surface area contributed by atoms with Crippen LogP contribution in [0.3, 0.4) is 0 Å². The zero-order chi connectivity index (χ0) is 16.4. The molecule has 2 amide bonds. The van der Waals surface area contributed by atoms with Crippen molar-refractivity contribution in [1.82, 2.24) is 0 Å². The molecule has 1 aliphatic carbocycles. The van der Waals surface area contributed by atoms with E-state index in [1.807, 2.05) is 19.1 Å². The van der Waals surface area contributed by atoms with Crippen LogP contribution in [0.25, 0.3) is 0 Å². The Morgan fingerprint density at radius 1 is 1.17 bits per heavy atom. The van der Waals surface area contributed by atoms with E-state index in [0.29, 0.717) is 24.3 Å². The summed E-state index contributed by atoms with van der Waals surface area (Å²) < 4.78 is 5.61. The topological polar surface area (TPSA) is 93.5 Å². The van der Waals surface area contributed by atoms with Crippen molar-refractivity contribution in [2.24, 2.45) is 11.7 Å². The smallest absolute Gasteiger partial charge is 0.253 e. The molecule has 1 heterocycles. The molecule has 1 saturated carbocycles. The summed E-state index contributed by atoms with van der Waals surface area (Å²) in [6.07, 6.45) is 2.94. The summed E-state index contributed by atoms with van der Waals surface area (Å²) in [6, 6.07) is 5.53. The fraction of sp³-hybridized carbons (Fsp3) is 0.529. The van der Waals surface area contributed by atoms with E-state index in [9.17, 15) is 9.59 Å². The van der Waals surface area contributed by atoms with Gasteiger partial charge < -0.3 is 21.1 Å². The Labute approximate surface area is 147 Å². The Hall–Kier alpha value is -1.63. The van der Waals surface area contributed by atoms with Crippen LogP contribution in [0.5, 0.6) is 0 Å². The molecular weight excluding hydrogens is 330 g/mol. The Kier molecular flexibility index (Phi) is 6.21. The van der Waals surface area contributed by atoms with E-state index in [2.05, 4.69) is 10.6 Å². The highest BCUT2D eigenvalue weighted by atomic mass is 35.5. The molecule has 0 aromatic heterocycles. The number of nitrogens with one attached hydrogen (secondary N) is 2. The molecule has 24 heavy (non-hydrogen) atoms. The van der Waals surface area contributed by atoms with Gasteiger partial charge in [0.05, 0.1) is 6.10 Å². The number of nitrogens with two attached hydrogens (primary N) is 1. The van der Waals surface area contributed by atoms with Gasteiger partial charge in [-0.3, -0.25) is 9.59 Å². The van der Waals surface area contributed by atoms with Gasteiger partial charge in [0.2, 0.25) is 5.91 Å². The van der Waals surface area contributed by atoms with Crippen LogP contribution < -0.4 is 16.4 Å². The molecule has 2 atom stereocenters. The van der Waals surface area contributed by atoms with Crippen molar-refractivity contribution >= 4 is 35.6 Å². The van der Waals surface area contributed by atoms with Crippen molar-refractivity contribution in [3.63, 3.8) is 0 Å². The van der Waals surface area contributed by atoms with Crippen molar-refractivity contribution in [2.45, 2.75) is 44.8 Å². The molecule has 1 aliphatic heterocycles. The van der Waals surface area contributed by atoms with E-state index in [1.165, 1.54) is 0 Å². The van der Waals surface area contributed by atoms with Crippen LogP contribution in [-0.4, -0.2) is 30.6 Å². The molecule has 0 unspecified atom stereocenters. The average Bonchev–Trinajstić information content (AvgIpc) is 3.28. The van der Waals surface area contributed by atoms with Gasteiger partial charge in [0, 0.05) is 23.8 Å². The van der Waals surface area contributed by atoms with Crippen LogP contribution in [0.2, 0.25) is 0 Å². The third-order valence-electron chi connectivity index (χ3n) is 4.37. The molecule has 0 bridgehead atoms. The van der Waals surface area contributed by atoms with E-state index in [0.717, 1.165) is 24.8 Å². The highest BCUT2D eigenvalue weighted by Crippen LogP contribution is 2.31. The molecule has 0 spiro atoms. The fourth-order valence-corrected chi connectivity index (χ4v) is 2.71. The third kappa shape index (κ3) is 4.47. The first-order valence-corrected chi connectivity index (χ1v) is 8.14. The van der Waals surface area contributed by atoms with Crippen LogP contribution in [0, 0.1) is 12.8 Å². The SMILES string of the molecule is Cc1ccc(NC(=O)C2CC2)cc1NC(=O)[C@@H]1CC[C@H](CN)O1.Cl. The van der Waals surface area contributed by atoms with E-state index in [1.54, 1.807) is 6.07 Å². The van der Waals surface area contributed by atoms with Crippen molar-refractivity contribution in [1.29, 1.82) is 0 Å². The highest BCUT2D eigenvalue weighted by Gasteiger charge is 2.31. The minimum absolute atomic E-state index is 0. The summed E-state index contributed by atoms with van der Waals surface area (Å²) in [5, 5.41) is 5.79. The highest BCUT2D eigenvalue weighted by molar-refractivity contribution is 5.97. The molecule has 4 N–H and O–H groups in total. The summed E-state index contributed by atoms with van der Waals surface area (Å²) in [4.78, 5) is 24.2. The Morgan fingerprint density at radius 2 is 1.92 bits per heavy atom. The second-order valence-electron chi connectivity index (χ2n) is 6.34. The maximum absolute atomic E-state index is 12.3. The minimum Gasteiger partial charge on any atom is -0.364 e. The lowest BCUT2D eigenvalue weighted by Crippen LogP contribution is -2.30. The van der Waals surface area contributed by atoms with Crippen LogP contribution in [0.15, 0.2) is 18.2 Å². The standard InChI is InChI=1S/C17H23N3O3.ClH/c1-10-2-5-12(19-16(21)11-3-4-11)8-14(10)20-17(22)15-7-6-13(9-18)23-15;/h2,5,8,11,13,15H,3-4,6-7,9,18H2,1H3,(H,19,21)(H,20,22);1H/t13-,15+;/m1./s1. The van der Waals surface area contributed by atoms with Gasteiger partial charge in [-0.15, -0.1) is 12.4 Å². The van der Waals surface area contributed by atoms with Crippen LogP contribution >= 0.6 is 12.4 Å². The van der Waals surface area contributed by atoms with Gasteiger partial charge in [0.1, 0.15) is 6.10 Å². The normalized spacial score (nSPS) is 22.6. The van der Waals surface area contributed by atoms with Crippen LogP contribution in [-0.2, 0) is 14.3 Å². The maximum Gasteiger partial charge on any atom is 0.253 e. The van der Waals surface area contributed by atoms with Crippen molar-refractivity contribution in [3.8, 4) is 0 Å². The van der Waals surface area contributed by atoms with Crippen LogP contribution in [0.1, 0.15) is 31.2 Å². The average molecular weight is 354 g/mol. The first kappa shape index (κ1) is 18.7. The first-order chi connectivity index (χ1) is 11.1. The number of aryl methyl sites for hydroxylation is 1. The lowest BCUT2D eigenvalue weighted by atomic mass is 10.1. The van der Waals surface area contributed by atoms with Gasteiger partial charge in [-0.05, 0) is 50.3 Å². The number of anilines is 2. The van der Waals surface area contributed by atoms with Crippen LogP contribution in [0.4, 0.5) is 11.4 Å². The monoisotopic (exact) mass is 353 g/mol. The molecule has 1 aromatic rings. The number of carbonyl (C=O) groups excluding carboxylic acids is 2.